The molecular formula is C19H23NO3. The van der Waals surface area contributed by atoms with Crippen LogP contribution in [0, 0.1) is 0 Å². The maximum atomic E-state index is 12.6. The Labute approximate surface area is 137 Å². The number of hydrogen-bond acceptors (Lipinski definition) is 3. The summed E-state index contributed by atoms with van der Waals surface area (Å²) < 4.78 is 10.6. The highest BCUT2D eigenvalue weighted by atomic mass is 16.5. The van der Waals surface area contributed by atoms with Crippen LogP contribution in [-0.4, -0.2) is 20.1 Å². The molecule has 0 saturated carbocycles. The van der Waals surface area contributed by atoms with E-state index in [1.807, 2.05) is 24.3 Å². The van der Waals surface area contributed by atoms with Gasteiger partial charge in [0.2, 0.25) is 0 Å². The van der Waals surface area contributed by atoms with Crippen LogP contribution in [0.25, 0.3) is 0 Å². The predicted octanol–water partition coefficient (Wildman–Crippen LogP) is 4.25. The molecule has 2 aromatic rings. The molecule has 23 heavy (non-hydrogen) atoms. The molecule has 1 N–H and O–H groups in total. The number of nitrogens with one attached hydrogen (secondary N) is 1. The van der Waals surface area contributed by atoms with E-state index in [0.717, 1.165) is 5.56 Å². The molecule has 0 aliphatic rings. The van der Waals surface area contributed by atoms with Gasteiger partial charge in [-0.25, -0.2) is 0 Å². The highest BCUT2D eigenvalue weighted by Gasteiger charge is 2.18. The Hall–Kier alpha value is -2.49. The van der Waals surface area contributed by atoms with Gasteiger partial charge in [0.25, 0.3) is 5.91 Å². The molecule has 0 aromatic heterocycles. The molecule has 0 spiro atoms. The first kappa shape index (κ1) is 16.9. The molecule has 0 heterocycles. The third kappa shape index (κ3) is 3.83. The van der Waals surface area contributed by atoms with Crippen molar-refractivity contribution < 1.29 is 14.3 Å². The van der Waals surface area contributed by atoms with E-state index in [0.29, 0.717) is 22.7 Å². The third-order valence-electron chi connectivity index (χ3n) is 3.67. The molecule has 0 unspecified atom stereocenters. The topological polar surface area (TPSA) is 47.6 Å². The van der Waals surface area contributed by atoms with Gasteiger partial charge in [0.05, 0.1) is 25.5 Å². The summed E-state index contributed by atoms with van der Waals surface area (Å²) in [6, 6.07) is 13.0. The average Bonchev–Trinajstić information content (AvgIpc) is 2.53. The van der Waals surface area contributed by atoms with Crippen molar-refractivity contribution in [3.8, 4) is 11.5 Å². The molecule has 2 rings (SSSR count). The summed E-state index contributed by atoms with van der Waals surface area (Å²) in [4.78, 5) is 12.6. The SMILES string of the molecule is COc1ccc(C(C)(C)C)cc1NC(=O)c1ccccc1OC. The number of amides is 1. The highest BCUT2D eigenvalue weighted by molar-refractivity contribution is 6.06. The van der Waals surface area contributed by atoms with Crippen LogP contribution in [0.4, 0.5) is 5.69 Å². The van der Waals surface area contributed by atoms with E-state index >= 15 is 0 Å². The van der Waals surface area contributed by atoms with Gasteiger partial charge in [0.15, 0.2) is 0 Å². The monoisotopic (exact) mass is 313 g/mol. The predicted molar refractivity (Wildman–Crippen MR) is 92.6 cm³/mol. The van der Waals surface area contributed by atoms with E-state index < -0.39 is 0 Å². The van der Waals surface area contributed by atoms with Crippen LogP contribution < -0.4 is 14.8 Å². The zero-order valence-corrected chi connectivity index (χ0v) is 14.3. The minimum atomic E-state index is -0.230. The van der Waals surface area contributed by atoms with Crippen molar-refractivity contribution in [1.82, 2.24) is 0 Å². The molecular weight excluding hydrogens is 290 g/mol. The fraction of sp³-hybridized carbons (Fsp3) is 0.316. The molecule has 4 nitrogen and oxygen atoms in total. The fourth-order valence-electron chi connectivity index (χ4n) is 2.29. The van der Waals surface area contributed by atoms with Crippen molar-refractivity contribution >= 4 is 11.6 Å². The van der Waals surface area contributed by atoms with E-state index in [1.165, 1.54) is 0 Å². The summed E-state index contributed by atoms with van der Waals surface area (Å²) in [6.07, 6.45) is 0. The quantitative estimate of drug-likeness (QED) is 0.917. The van der Waals surface area contributed by atoms with Crippen molar-refractivity contribution in [2.24, 2.45) is 0 Å². The Balaban J connectivity index is 2.36. The lowest BCUT2D eigenvalue weighted by atomic mass is 9.87. The molecule has 0 bridgehead atoms. The van der Waals surface area contributed by atoms with Crippen LogP contribution in [0.2, 0.25) is 0 Å². The van der Waals surface area contributed by atoms with Gasteiger partial charge in [-0.05, 0) is 35.2 Å². The van der Waals surface area contributed by atoms with Gasteiger partial charge in [-0.15, -0.1) is 0 Å². The first-order valence-corrected chi connectivity index (χ1v) is 7.49. The lowest BCUT2D eigenvalue weighted by Crippen LogP contribution is -2.16. The largest absolute Gasteiger partial charge is 0.496 e. The standard InChI is InChI=1S/C19H23NO3/c1-19(2,3)13-10-11-17(23-5)15(12-13)20-18(21)14-8-6-7-9-16(14)22-4/h6-12H,1-5H3,(H,20,21). The number of rotatable bonds is 4. The van der Waals surface area contributed by atoms with Crippen molar-refractivity contribution in [2.45, 2.75) is 26.2 Å². The van der Waals surface area contributed by atoms with Gasteiger partial charge in [-0.1, -0.05) is 39.0 Å². The van der Waals surface area contributed by atoms with Crippen LogP contribution in [0.1, 0.15) is 36.7 Å². The molecule has 1 amide bonds. The number of ether oxygens (including phenoxy) is 2. The minimum absolute atomic E-state index is 0.0177. The van der Waals surface area contributed by atoms with Gasteiger partial charge in [0, 0.05) is 0 Å². The fourth-order valence-corrected chi connectivity index (χ4v) is 2.29. The summed E-state index contributed by atoms with van der Waals surface area (Å²) in [7, 11) is 3.14. The summed E-state index contributed by atoms with van der Waals surface area (Å²) in [6.45, 7) is 6.38. The summed E-state index contributed by atoms with van der Waals surface area (Å²) >= 11 is 0. The van der Waals surface area contributed by atoms with Crippen LogP contribution in [0.5, 0.6) is 11.5 Å². The molecule has 0 saturated heterocycles. The number of carbonyl (C=O) groups excluding carboxylic acids is 1. The molecule has 0 aliphatic carbocycles. The number of benzene rings is 2. The second-order valence-electron chi connectivity index (χ2n) is 6.32. The van der Waals surface area contributed by atoms with Gasteiger partial charge < -0.3 is 14.8 Å². The Bertz CT molecular complexity index is 702. The number of methoxy groups -OCH3 is 2. The minimum Gasteiger partial charge on any atom is -0.496 e. The van der Waals surface area contributed by atoms with Crippen molar-refractivity contribution in [3.63, 3.8) is 0 Å². The third-order valence-corrected chi connectivity index (χ3v) is 3.67. The number of carbonyl (C=O) groups is 1. The van der Waals surface area contributed by atoms with E-state index in [4.69, 9.17) is 9.47 Å². The van der Waals surface area contributed by atoms with E-state index in [1.54, 1.807) is 32.4 Å². The average molecular weight is 313 g/mol. The Morgan fingerprint density at radius 1 is 0.957 bits per heavy atom. The molecule has 0 radical (unpaired) electrons. The summed E-state index contributed by atoms with van der Waals surface area (Å²) in [5.41, 5.74) is 2.23. The van der Waals surface area contributed by atoms with Gasteiger partial charge in [-0.3, -0.25) is 4.79 Å². The second kappa shape index (κ2) is 6.73. The van der Waals surface area contributed by atoms with Gasteiger partial charge >= 0.3 is 0 Å². The number of para-hydroxylation sites is 1. The van der Waals surface area contributed by atoms with Crippen LogP contribution in [0.3, 0.4) is 0 Å². The molecule has 2 aromatic carbocycles. The van der Waals surface area contributed by atoms with Crippen LogP contribution in [0.15, 0.2) is 42.5 Å². The highest BCUT2D eigenvalue weighted by Crippen LogP contribution is 2.32. The summed E-state index contributed by atoms with van der Waals surface area (Å²) in [5, 5.41) is 2.92. The van der Waals surface area contributed by atoms with Gasteiger partial charge in [0.1, 0.15) is 11.5 Å². The molecule has 122 valence electrons. The lowest BCUT2D eigenvalue weighted by molar-refractivity contribution is 0.102. The molecule has 4 heteroatoms. The van der Waals surface area contributed by atoms with E-state index in [9.17, 15) is 4.79 Å². The van der Waals surface area contributed by atoms with Gasteiger partial charge in [-0.2, -0.15) is 0 Å². The molecule has 0 aliphatic heterocycles. The van der Waals surface area contributed by atoms with Crippen molar-refractivity contribution in [3.05, 3.63) is 53.6 Å². The Morgan fingerprint density at radius 3 is 2.22 bits per heavy atom. The first-order valence-electron chi connectivity index (χ1n) is 7.49. The van der Waals surface area contributed by atoms with Crippen molar-refractivity contribution in [2.75, 3.05) is 19.5 Å². The Morgan fingerprint density at radius 2 is 1.61 bits per heavy atom. The molecule has 0 atom stereocenters. The number of anilines is 1. The maximum Gasteiger partial charge on any atom is 0.259 e. The zero-order chi connectivity index (χ0) is 17.0. The lowest BCUT2D eigenvalue weighted by Gasteiger charge is -2.21. The number of hydrogen-bond donors (Lipinski definition) is 1. The van der Waals surface area contributed by atoms with E-state index in [-0.39, 0.29) is 11.3 Å². The summed E-state index contributed by atoms with van der Waals surface area (Å²) in [5.74, 6) is 0.934. The maximum absolute atomic E-state index is 12.6. The molecule has 0 fully saturated rings. The second-order valence-corrected chi connectivity index (χ2v) is 6.32. The zero-order valence-electron chi connectivity index (χ0n) is 14.3. The van der Waals surface area contributed by atoms with Crippen LogP contribution in [-0.2, 0) is 5.41 Å². The normalized spacial score (nSPS) is 11.0. The van der Waals surface area contributed by atoms with Crippen LogP contribution >= 0.6 is 0 Å². The Kier molecular flexibility index (Phi) is 4.94. The smallest absolute Gasteiger partial charge is 0.259 e. The van der Waals surface area contributed by atoms with Crippen molar-refractivity contribution in [1.29, 1.82) is 0 Å². The van der Waals surface area contributed by atoms with E-state index in [2.05, 4.69) is 26.1 Å². The first-order chi connectivity index (χ1) is 10.9.